The van der Waals surface area contributed by atoms with Crippen LogP contribution in [0.3, 0.4) is 0 Å². The third-order valence-corrected chi connectivity index (χ3v) is 1.71. The normalized spacial score (nSPS) is 16.8. The zero-order valence-corrected chi connectivity index (χ0v) is 8.01. The highest BCUT2D eigenvalue weighted by Crippen LogP contribution is 2.25. The molecule has 0 aliphatic carbocycles. The van der Waals surface area contributed by atoms with Gasteiger partial charge in [0.25, 0.3) is 0 Å². The van der Waals surface area contributed by atoms with E-state index in [1.165, 1.54) is 6.92 Å². The fourth-order valence-corrected chi connectivity index (χ4v) is 1.29. The third kappa shape index (κ3) is 3.93. The van der Waals surface area contributed by atoms with E-state index in [1.807, 2.05) is 0 Å². The molecule has 84 valence electrons. The molecule has 0 bridgehead atoms. The summed E-state index contributed by atoms with van der Waals surface area (Å²) < 4.78 is 37.2. The number of alkyl halides is 3. The summed E-state index contributed by atoms with van der Waals surface area (Å²) in [4.78, 5) is 11.2. The van der Waals surface area contributed by atoms with Gasteiger partial charge in [0.1, 0.15) is 6.04 Å². The van der Waals surface area contributed by atoms with Crippen molar-refractivity contribution < 1.29 is 18.0 Å². The summed E-state index contributed by atoms with van der Waals surface area (Å²) in [5.74, 6) is -0.817. The van der Waals surface area contributed by atoms with E-state index in [-0.39, 0.29) is 0 Å². The highest BCUT2D eigenvalue weighted by Gasteiger charge is 2.44. The van der Waals surface area contributed by atoms with E-state index in [1.54, 1.807) is 0 Å². The maximum Gasteiger partial charge on any atom is 0.405 e. The Morgan fingerprint density at radius 1 is 1.50 bits per heavy atom. The van der Waals surface area contributed by atoms with Crippen molar-refractivity contribution >= 4 is 5.91 Å². The minimum atomic E-state index is -4.46. The van der Waals surface area contributed by atoms with Crippen LogP contribution in [-0.4, -0.2) is 42.7 Å². The first-order valence-electron chi connectivity index (χ1n) is 3.97. The topological polar surface area (TPSA) is 72.3 Å². The lowest BCUT2D eigenvalue weighted by atomic mass is 10.1. The van der Waals surface area contributed by atoms with Gasteiger partial charge < -0.3 is 11.5 Å². The largest absolute Gasteiger partial charge is 0.405 e. The minimum Gasteiger partial charge on any atom is -0.369 e. The van der Waals surface area contributed by atoms with Gasteiger partial charge in [0.05, 0.1) is 6.54 Å². The number of nitrogens with zero attached hydrogens (tertiary/aromatic N) is 1. The molecule has 0 rings (SSSR count). The van der Waals surface area contributed by atoms with Crippen LogP contribution in [0.5, 0.6) is 0 Å². The maximum absolute atomic E-state index is 12.4. The SMILES string of the molecule is CC(N)C(N(C)CC(N)=O)C(F)(F)F. The van der Waals surface area contributed by atoms with Crippen molar-refractivity contribution in [2.45, 2.75) is 25.2 Å². The lowest BCUT2D eigenvalue weighted by Gasteiger charge is -2.31. The first-order chi connectivity index (χ1) is 6.16. The smallest absolute Gasteiger partial charge is 0.369 e. The standard InChI is InChI=1S/C7H14F3N3O/c1-4(11)6(7(8,9)10)13(2)3-5(12)14/h4,6H,3,11H2,1-2H3,(H2,12,14). The molecule has 1 amide bonds. The summed E-state index contributed by atoms with van der Waals surface area (Å²) in [6, 6.07) is -2.96. The Morgan fingerprint density at radius 2 is 1.93 bits per heavy atom. The van der Waals surface area contributed by atoms with E-state index < -0.39 is 30.7 Å². The molecule has 2 atom stereocenters. The molecular weight excluding hydrogens is 199 g/mol. The molecule has 0 aliphatic rings. The molecule has 4 N–H and O–H groups in total. The molecule has 0 heterocycles. The van der Waals surface area contributed by atoms with Gasteiger partial charge in [-0.2, -0.15) is 13.2 Å². The predicted molar refractivity (Wildman–Crippen MR) is 45.3 cm³/mol. The van der Waals surface area contributed by atoms with Gasteiger partial charge in [-0.15, -0.1) is 0 Å². The van der Waals surface area contributed by atoms with Crippen LogP contribution in [0.1, 0.15) is 6.92 Å². The number of likely N-dealkylation sites (N-methyl/N-ethyl adjacent to an activating group) is 1. The zero-order valence-electron chi connectivity index (χ0n) is 8.01. The van der Waals surface area contributed by atoms with Gasteiger partial charge in [-0.1, -0.05) is 0 Å². The Hall–Kier alpha value is -0.820. The Kier molecular flexibility index (Phi) is 4.34. The molecule has 0 saturated carbocycles. The molecule has 0 saturated heterocycles. The highest BCUT2D eigenvalue weighted by atomic mass is 19.4. The number of carbonyl (C=O) groups is 1. The average Bonchev–Trinajstić information content (AvgIpc) is 1.78. The van der Waals surface area contributed by atoms with E-state index in [9.17, 15) is 18.0 Å². The molecule has 0 spiro atoms. The van der Waals surface area contributed by atoms with E-state index in [2.05, 4.69) is 0 Å². The fourth-order valence-electron chi connectivity index (χ4n) is 1.29. The predicted octanol–water partition coefficient (Wildman–Crippen LogP) is -0.318. The molecule has 7 heteroatoms. The van der Waals surface area contributed by atoms with E-state index in [0.29, 0.717) is 0 Å². The van der Waals surface area contributed by atoms with Crippen molar-refractivity contribution in [3.8, 4) is 0 Å². The van der Waals surface area contributed by atoms with Crippen molar-refractivity contribution in [2.75, 3.05) is 13.6 Å². The van der Waals surface area contributed by atoms with Crippen LogP contribution in [0.4, 0.5) is 13.2 Å². The summed E-state index contributed by atoms with van der Waals surface area (Å²) in [6.07, 6.45) is -4.46. The third-order valence-electron chi connectivity index (χ3n) is 1.71. The summed E-state index contributed by atoms with van der Waals surface area (Å²) in [5, 5.41) is 0. The van der Waals surface area contributed by atoms with E-state index >= 15 is 0 Å². The van der Waals surface area contributed by atoms with Gasteiger partial charge in [0, 0.05) is 6.04 Å². The van der Waals surface area contributed by atoms with Crippen molar-refractivity contribution in [1.82, 2.24) is 4.90 Å². The van der Waals surface area contributed by atoms with Gasteiger partial charge in [-0.3, -0.25) is 9.69 Å². The van der Waals surface area contributed by atoms with Crippen LogP contribution in [0.2, 0.25) is 0 Å². The second-order valence-corrected chi connectivity index (χ2v) is 3.23. The molecule has 0 fully saturated rings. The monoisotopic (exact) mass is 213 g/mol. The number of nitrogens with two attached hydrogens (primary N) is 2. The summed E-state index contributed by atoms with van der Waals surface area (Å²) in [7, 11) is 1.16. The molecule has 0 aromatic carbocycles. The van der Waals surface area contributed by atoms with E-state index in [0.717, 1.165) is 11.9 Å². The molecule has 0 aromatic heterocycles. The number of carbonyl (C=O) groups excluding carboxylic acids is 1. The molecule has 4 nitrogen and oxygen atoms in total. The lowest BCUT2D eigenvalue weighted by molar-refractivity contribution is -0.184. The molecule has 0 aromatic rings. The minimum absolute atomic E-state index is 0.467. The van der Waals surface area contributed by atoms with Gasteiger partial charge in [-0.25, -0.2) is 0 Å². The van der Waals surface area contributed by atoms with Crippen LogP contribution in [0.15, 0.2) is 0 Å². The Bertz CT molecular complexity index is 205. The van der Waals surface area contributed by atoms with Gasteiger partial charge in [0.15, 0.2) is 0 Å². The number of primary amides is 1. The molecule has 0 aliphatic heterocycles. The van der Waals surface area contributed by atoms with Crippen LogP contribution >= 0.6 is 0 Å². The van der Waals surface area contributed by atoms with Gasteiger partial charge >= 0.3 is 6.18 Å². The summed E-state index contributed by atoms with van der Waals surface area (Å²) in [6.45, 7) is 0.765. The lowest BCUT2D eigenvalue weighted by Crippen LogP contribution is -2.55. The van der Waals surface area contributed by atoms with Crippen LogP contribution in [0.25, 0.3) is 0 Å². The molecule has 14 heavy (non-hydrogen) atoms. The van der Waals surface area contributed by atoms with Gasteiger partial charge in [0.2, 0.25) is 5.91 Å². The molecule has 0 radical (unpaired) electrons. The van der Waals surface area contributed by atoms with Crippen LogP contribution < -0.4 is 11.5 Å². The van der Waals surface area contributed by atoms with Crippen molar-refractivity contribution in [3.63, 3.8) is 0 Å². The van der Waals surface area contributed by atoms with E-state index in [4.69, 9.17) is 11.5 Å². The summed E-state index contributed by atoms with van der Waals surface area (Å²) in [5.41, 5.74) is 9.97. The number of halogens is 3. The second kappa shape index (κ2) is 4.61. The Balaban J connectivity index is 4.58. The average molecular weight is 213 g/mol. The fraction of sp³-hybridized carbons (Fsp3) is 0.857. The Morgan fingerprint density at radius 3 is 2.14 bits per heavy atom. The van der Waals surface area contributed by atoms with Crippen molar-refractivity contribution in [1.29, 1.82) is 0 Å². The highest BCUT2D eigenvalue weighted by molar-refractivity contribution is 5.75. The van der Waals surface area contributed by atoms with Crippen molar-refractivity contribution in [3.05, 3.63) is 0 Å². The maximum atomic E-state index is 12.4. The molecule has 2 unspecified atom stereocenters. The zero-order chi connectivity index (χ0) is 11.5. The first-order valence-corrected chi connectivity index (χ1v) is 3.97. The number of rotatable bonds is 4. The number of hydrogen-bond acceptors (Lipinski definition) is 3. The first kappa shape index (κ1) is 13.2. The number of hydrogen-bond donors (Lipinski definition) is 2. The Labute approximate surface area is 80.0 Å². The number of amides is 1. The summed E-state index contributed by atoms with van der Waals surface area (Å²) >= 11 is 0. The van der Waals surface area contributed by atoms with Crippen molar-refractivity contribution in [2.24, 2.45) is 11.5 Å². The van der Waals surface area contributed by atoms with Crippen LogP contribution in [0, 0.1) is 0 Å². The quantitative estimate of drug-likeness (QED) is 0.672. The van der Waals surface area contributed by atoms with Crippen LogP contribution in [-0.2, 0) is 4.79 Å². The van der Waals surface area contributed by atoms with Gasteiger partial charge in [-0.05, 0) is 14.0 Å². The second-order valence-electron chi connectivity index (χ2n) is 3.23. The molecular formula is C7H14F3N3O.